The topological polar surface area (TPSA) is 27.1 Å². The van der Waals surface area contributed by atoms with Gasteiger partial charge in [0.05, 0.1) is 7.11 Å². The molecule has 0 bridgehead atoms. The zero-order valence-electron chi connectivity index (χ0n) is 12.8. The summed E-state index contributed by atoms with van der Waals surface area (Å²) < 4.78 is 7.16. The highest BCUT2D eigenvalue weighted by Crippen LogP contribution is 2.40. The van der Waals surface area contributed by atoms with E-state index in [2.05, 4.69) is 36.3 Å². The molecule has 0 aliphatic carbocycles. The molecule has 0 fully saturated rings. The summed E-state index contributed by atoms with van der Waals surface area (Å²) in [7, 11) is 3.51. The molecule has 22 heavy (non-hydrogen) atoms. The summed E-state index contributed by atoms with van der Waals surface area (Å²) in [4.78, 5) is 0. The van der Waals surface area contributed by atoms with Crippen LogP contribution in [0.5, 0.6) is 5.75 Å². The van der Waals surface area contributed by atoms with Crippen molar-refractivity contribution in [2.75, 3.05) is 7.11 Å². The molecule has 1 heterocycles. The van der Waals surface area contributed by atoms with Gasteiger partial charge in [0.25, 0.3) is 0 Å². The van der Waals surface area contributed by atoms with E-state index in [1.165, 1.54) is 5.56 Å². The van der Waals surface area contributed by atoms with Crippen LogP contribution in [0.4, 0.5) is 0 Å². The second-order valence-electron chi connectivity index (χ2n) is 5.20. The third-order valence-corrected chi connectivity index (χ3v) is 4.11. The number of hydrogen-bond donors (Lipinski definition) is 0. The van der Waals surface area contributed by atoms with Crippen molar-refractivity contribution in [3.8, 4) is 28.1 Å². The van der Waals surface area contributed by atoms with Crippen LogP contribution in [0, 0.1) is 6.92 Å². The molecule has 0 radical (unpaired) electrons. The summed E-state index contributed by atoms with van der Waals surface area (Å²) in [5.74, 6) is 0.783. The van der Waals surface area contributed by atoms with Crippen LogP contribution in [0.2, 0.25) is 5.15 Å². The van der Waals surface area contributed by atoms with E-state index in [9.17, 15) is 0 Å². The number of benzene rings is 2. The molecule has 0 amide bonds. The number of rotatable bonds is 3. The third-order valence-electron chi connectivity index (χ3n) is 3.68. The van der Waals surface area contributed by atoms with Crippen LogP contribution in [-0.4, -0.2) is 16.9 Å². The fraction of sp³-hybridized carbons (Fsp3) is 0.167. The minimum absolute atomic E-state index is 0.616. The van der Waals surface area contributed by atoms with Gasteiger partial charge in [-0.05, 0) is 24.6 Å². The van der Waals surface area contributed by atoms with Crippen LogP contribution in [0.1, 0.15) is 5.56 Å². The molecule has 3 aromatic rings. The van der Waals surface area contributed by atoms with Gasteiger partial charge < -0.3 is 4.74 Å². The number of hydrogen-bond acceptors (Lipinski definition) is 2. The normalized spacial score (nSPS) is 10.7. The van der Waals surface area contributed by atoms with E-state index in [-0.39, 0.29) is 0 Å². The lowest BCUT2D eigenvalue weighted by Crippen LogP contribution is -1.91. The van der Waals surface area contributed by atoms with Gasteiger partial charge in [0.15, 0.2) is 0 Å². The van der Waals surface area contributed by atoms with E-state index in [1.54, 1.807) is 11.8 Å². The monoisotopic (exact) mass is 312 g/mol. The van der Waals surface area contributed by atoms with Crippen LogP contribution in [0.25, 0.3) is 22.4 Å². The quantitative estimate of drug-likeness (QED) is 0.699. The van der Waals surface area contributed by atoms with Gasteiger partial charge in [-0.25, -0.2) is 0 Å². The number of aryl methyl sites for hydroxylation is 2. The molecule has 3 nitrogen and oxygen atoms in total. The molecule has 0 atom stereocenters. The summed E-state index contributed by atoms with van der Waals surface area (Å²) in [6, 6.07) is 16.1. The Morgan fingerprint density at radius 2 is 1.73 bits per heavy atom. The Kier molecular flexibility index (Phi) is 3.90. The van der Waals surface area contributed by atoms with Crippen molar-refractivity contribution >= 4 is 11.6 Å². The molecule has 0 spiro atoms. The Labute approximate surface area is 135 Å². The fourth-order valence-electron chi connectivity index (χ4n) is 2.51. The minimum Gasteiger partial charge on any atom is -0.496 e. The van der Waals surface area contributed by atoms with Crippen molar-refractivity contribution in [1.82, 2.24) is 9.78 Å². The van der Waals surface area contributed by atoms with E-state index >= 15 is 0 Å². The molecule has 0 N–H and O–H groups in total. The Hall–Kier alpha value is -2.26. The molecule has 0 aliphatic heterocycles. The molecule has 1 aromatic heterocycles. The second-order valence-corrected chi connectivity index (χ2v) is 5.56. The van der Waals surface area contributed by atoms with Crippen LogP contribution in [0.15, 0.2) is 48.5 Å². The highest BCUT2D eigenvalue weighted by atomic mass is 35.5. The first-order valence-electron chi connectivity index (χ1n) is 7.04. The lowest BCUT2D eigenvalue weighted by molar-refractivity contribution is 0.416. The highest BCUT2D eigenvalue weighted by Gasteiger charge is 2.20. The lowest BCUT2D eigenvalue weighted by atomic mass is 10.0. The standard InChI is InChI=1S/C18H17ClN2O/c1-12-8-10-13(11-9-12)16-17(20-21(2)18(16)19)14-6-4-5-7-15(14)22-3/h4-11H,1-3H3. The van der Waals surface area contributed by atoms with Crippen LogP contribution in [-0.2, 0) is 7.05 Å². The average molecular weight is 313 g/mol. The summed E-state index contributed by atoms with van der Waals surface area (Å²) in [5.41, 5.74) is 4.94. The maximum atomic E-state index is 6.49. The van der Waals surface area contributed by atoms with Crippen LogP contribution < -0.4 is 4.74 Å². The Bertz CT molecular complexity index is 806. The first kappa shape index (κ1) is 14.7. The number of aromatic nitrogens is 2. The van der Waals surface area contributed by atoms with E-state index in [0.717, 1.165) is 28.1 Å². The van der Waals surface area contributed by atoms with Crippen molar-refractivity contribution in [3.63, 3.8) is 0 Å². The largest absolute Gasteiger partial charge is 0.496 e. The molecule has 0 saturated heterocycles. The van der Waals surface area contributed by atoms with Gasteiger partial charge in [0, 0.05) is 18.2 Å². The number of nitrogens with zero attached hydrogens (tertiary/aromatic N) is 2. The zero-order chi connectivity index (χ0) is 15.7. The first-order chi connectivity index (χ1) is 10.6. The molecule has 3 rings (SSSR count). The molecule has 112 valence electrons. The van der Waals surface area contributed by atoms with Crippen molar-refractivity contribution in [1.29, 1.82) is 0 Å². The number of para-hydroxylation sites is 1. The third kappa shape index (κ3) is 2.48. The van der Waals surface area contributed by atoms with Crippen molar-refractivity contribution < 1.29 is 4.74 Å². The van der Waals surface area contributed by atoms with Gasteiger partial charge in [-0.2, -0.15) is 5.10 Å². The predicted molar refractivity (Wildman–Crippen MR) is 90.4 cm³/mol. The first-order valence-corrected chi connectivity index (χ1v) is 7.42. The number of ether oxygens (including phenoxy) is 1. The van der Waals surface area contributed by atoms with E-state index in [1.807, 2.05) is 31.3 Å². The molecular formula is C18H17ClN2O. The maximum Gasteiger partial charge on any atom is 0.135 e. The molecule has 4 heteroatoms. The van der Waals surface area contributed by atoms with Crippen LogP contribution >= 0.6 is 11.6 Å². The van der Waals surface area contributed by atoms with Gasteiger partial charge in [-0.3, -0.25) is 4.68 Å². The molecule has 0 aliphatic rings. The second kappa shape index (κ2) is 5.85. The van der Waals surface area contributed by atoms with Gasteiger partial charge in [-0.15, -0.1) is 0 Å². The fourth-order valence-corrected chi connectivity index (χ4v) is 2.74. The lowest BCUT2D eigenvalue weighted by Gasteiger charge is -2.08. The minimum atomic E-state index is 0.616. The summed E-state index contributed by atoms with van der Waals surface area (Å²) in [5, 5.41) is 5.21. The van der Waals surface area contributed by atoms with Crippen molar-refractivity contribution in [3.05, 3.63) is 59.2 Å². The molecule has 0 unspecified atom stereocenters. The summed E-state index contributed by atoms with van der Waals surface area (Å²) >= 11 is 6.49. The molecule has 2 aromatic carbocycles. The van der Waals surface area contributed by atoms with Crippen LogP contribution in [0.3, 0.4) is 0 Å². The van der Waals surface area contributed by atoms with Gasteiger partial charge in [0.2, 0.25) is 0 Å². The highest BCUT2D eigenvalue weighted by molar-refractivity contribution is 6.33. The summed E-state index contributed by atoms with van der Waals surface area (Å²) in [6.07, 6.45) is 0. The van der Waals surface area contributed by atoms with Gasteiger partial charge in [-0.1, -0.05) is 53.6 Å². The van der Waals surface area contributed by atoms with E-state index in [0.29, 0.717) is 5.15 Å². The SMILES string of the molecule is COc1ccccc1-c1nn(C)c(Cl)c1-c1ccc(C)cc1. The number of halogens is 1. The van der Waals surface area contributed by atoms with E-state index < -0.39 is 0 Å². The Morgan fingerprint density at radius 3 is 2.41 bits per heavy atom. The van der Waals surface area contributed by atoms with Crippen molar-refractivity contribution in [2.24, 2.45) is 7.05 Å². The van der Waals surface area contributed by atoms with Gasteiger partial charge in [0.1, 0.15) is 16.6 Å². The summed E-state index contributed by atoms with van der Waals surface area (Å²) in [6.45, 7) is 2.07. The predicted octanol–water partition coefficient (Wildman–Crippen LogP) is 4.72. The number of methoxy groups -OCH3 is 1. The van der Waals surface area contributed by atoms with Crippen molar-refractivity contribution in [2.45, 2.75) is 6.92 Å². The molecular weight excluding hydrogens is 296 g/mol. The molecule has 0 saturated carbocycles. The zero-order valence-corrected chi connectivity index (χ0v) is 13.6. The smallest absolute Gasteiger partial charge is 0.135 e. The van der Waals surface area contributed by atoms with Gasteiger partial charge >= 0.3 is 0 Å². The Morgan fingerprint density at radius 1 is 1.05 bits per heavy atom. The van der Waals surface area contributed by atoms with E-state index in [4.69, 9.17) is 16.3 Å². The maximum absolute atomic E-state index is 6.49. The Balaban J connectivity index is 2.25. The average Bonchev–Trinajstić information content (AvgIpc) is 2.84.